The molecule has 2 nitrogen and oxygen atoms in total. The summed E-state index contributed by atoms with van der Waals surface area (Å²) in [6.07, 6.45) is 1.94. The molecular formula is C7H8O2S2. The van der Waals surface area contributed by atoms with Crippen LogP contribution in [-0.2, 0) is 4.74 Å². The van der Waals surface area contributed by atoms with E-state index in [1.165, 1.54) is 18.4 Å². The Labute approximate surface area is 73.6 Å². The smallest absolute Gasteiger partial charge is 0.349 e. The number of rotatable bonds is 2. The standard InChI is InChI=1S/C7H8O2S2/c1-9-7(8)6-5(10-2)3-4-11-6/h3-4H,1-2H3. The zero-order chi connectivity index (χ0) is 8.27. The summed E-state index contributed by atoms with van der Waals surface area (Å²) in [5, 5.41) is 1.89. The summed E-state index contributed by atoms with van der Waals surface area (Å²) in [4.78, 5) is 12.7. The molecule has 0 radical (unpaired) electrons. The Balaban J connectivity index is 2.92. The van der Waals surface area contributed by atoms with Crippen LogP contribution in [0.4, 0.5) is 0 Å². The number of carbonyl (C=O) groups is 1. The van der Waals surface area contributed by atoms with Crippen LogP contribution in [-0.4, -0.2) is 19.3 Å². The molecule has 1 aromatic heterocycles. The largest absolute Gasteiger partial charge is 0.465 e. The molecule has 1 heterocycles. The second-order valence-electron chi connectivity index (χ2n) is 1.81. The lowest BCUT2D eigenvalue weighted by molar-refractivity contribution is 0.0603. The SMILES string of the molecule is COC(=O)c1sccc1SC. The van der Waals surface area contributed by atoms with E-state index in [1.807, 2.05) is 17.7 Å². The van der Waals surface area contributed by atoms with Gasteiger partial charge < -0.3 is 4.74 Å². The van der Waals surface area contributed by atoms with Crippen molar-refractivity contribution in [3.8, 4) is 0 Å². The summed E-state index contributed by atoms with van der Waals surface area (Å²) in [5.74, 6) is -0.246. The summed E-state index contributed by atoms with van der Waals surface area (Å²) in [6, 6.07) is 1.92. The minimum absolute atomic E-state index is 0.246. The minimum Gasteiger partial charge on any atom is -0.465 e. The molecule has 11 heavy (non-hydrogen) atoms. The van der Waals surface area contributed by atoms with Crippen LogP contribution in [0, 0.1) is 0 Å². The van der Waals surface area contributed by atoms with Gasteiger partial charge >= 0.3 is 5.97 Å². The molecular weight excluding hydrogens is 180 g/mol. The van der Waals surface area contributed by atoms with Gasteiger partial charge in [-0.2, -0.15) is 0 Å². The third-order valence-corrected chi connectivity index (χ3v) is 3.02. The van der Waals surface area contributed by atoms with Gasteiger partial charge in [0.1, 0.15) is 4.88 Å². The fraction of sp³-hybridized carbons (Fsp3) is 0.286. The van der Waals surface area contributed by atoms with E-state index in [0.29, 0.717) is 4.88 Å². The molecule has 60 valence electrons. The third-order valence-electron chi connectivity index (χ3n) is 1.22. The first-order valence-corrected chi connectivity index (χ1v) is 5.10. The second kappa shape index (κ2) is 3.78. The van der Waals surface area contributed by atoms with Crippen molar-refractivity contribution in [1.29, 1.82) is 0 Å². The maximum absolute atomic E-state index is 11.0. The molecule has 0 spiro atoms. The average Bonchev–Trinajstić information content (AvgIpc) is 2.50. The number of ether oxygens (including phenoxy) is 1. The third kappa shape index (κ3) is 1.75. The van der Waals surface area contributed by atoms with Crippen molar-refractivity contribution in [1.82, 2.24) is 0 Å². The highest BCUT2D eigenvalue weighted by Gasteiger charge is 2.11. The van der Waals surface area contributed by atoms with Crippen LogP contribution >= 0.6 is 23.1 Å². The molecule has 4 heteroatoms. The Morgan fingerprint density at radius 2 is 2.45 bits per heavy atom. The van der Waals surface area contributed by atoms with E-state index >= 15 is 0 Å². The first kappa shape index (κ1) is 8.62. The zero-order valence-corrected chi connectivity index (χ0v) is 7.92. The normalized spacial score (nSPS) is 9.64. The predicted octanol–water partition coefficient (Wildman–Crippen LogP) is 2.26. The van der Waals surface area contributed by atoms with Crippen LogP contribution in [0.15, 0.2) is 16.3 Å². The van der Waals surface area contributed by atoms with Crippen LogP contribution in [0.1, 0.15) is 9.67 Å². The first-order valence-electron chi connectivity index (χ1n) is 2.99. The van der Waals surface area contributed by atoms with Crippen molar-refractivity contribution >= 4 is 29.1 Å². The molecule has 0 fully saturated rings. The summed E-state index contributed by atoms with van der Waals surface area (Å²) in [5.41, 5.74) is 0. The first-order chi connectivity index (χ1) is 5.29. The fourth-order valence-electron chi connectivity index (χ4n) is 0.700. The predicted molar refractivity (Wildman–Crippen MR) is 47.4 cm³/mol. The van der Waals surface area contributed by atoms with E-state index in [4.69, 9.17) is 0 Å². The van der Waals surface area contributed by atoms with Crippen LogP contribution in [0.25, 0.3) is 0 Å². The van der Waals surface area contributed by atoms with Crippen molar-refractivity contribution < 1.29 is 9.53 Å². The molecule has 1 aromatic rings. The molecule has 1 rings (SSSR count). The van der Waals surface area contributed by atoms with E-state index in [9.17, 15) is 4.79 Å². The molecule has 0 N–H and O–H groups in total. The zero-order valence-electron chi connectivity index (χ0n) is 6.29. The van der Waals surface area contributed by atoms with Crippen LogP contribution < -0.4 is 0 Å². The lowest BCUT2D eigenvalue weighted by Crippen LogP contribution is -1.98. The lowest BCUT2D eigenvalue weighted by atomic mass is 10.5. The van der Waals surface area contributed by atoms with Gasteiger partial charge in [0.05, 0.1) is 7.11 Å². The summed E-state index contributed by atoms with van der Waals surface area (Å²) < 4.78 is 4.60. The maximum atomic E-state index is 11.0. The van der Waals surface area contributed by atoms with Gasteiger partial charge in [-0.1, -0.05) is 0 Å². The van der Waals surface area contributed by atoms with Gasteiger partial charge in [-0.05, 0) is 17.7 Å². The Hall–Kier alpha value is -0.480. The molecule has 0 aromatic carbocycles. The van der Waals surface area contributed by atoms with E-state index in [1.54, 1.807) is 11.8 Å². The lowest BCUT2D eigenvalue weighted by Gasteiger charge is -1.96. The highest BCUT2D eigenvalue weighted by molar-refractivity contribution is 7.98. The molecule has 0 saturated carbocycles. The number of esters is 1. The fourth-order valence-corrected chi connectivity index (χ4v) is 2.36. The molecule has 0 aliphatic heterocycles. The Morgan fingerprint density at radius 1 is 1.73 bits per heavy atom. The number of hydrogen-bond acceptors (Lipinski definition) is 4. The van der Waals surface area contributed by atoms with E-state index in [2.05, 4.69) is 4.74 Å². The summed E-state index contributed by atoms with van der Waals surface area (Å²) in [7, 11) is 1.40. The van der Waals surface area contributed by atoms with Crippen LogP contribution in [0.2, 0.25) is 0 Å². The summed E-state index contributed by atoms with van der Waals surface area (Å²) >= 11 is 2.97. The quantitative estimate of drug-likeness (QED) is 0.526. The van der Waals surface area contributed by atoms with Crippen molar-refractivity contribution in [2.75, 3.05) is 13.4 Å². The van der Waals surface area contributed by atoms with E-state index < -0.39 is 0 Å². The Bertz CT molecular complexity index is 255. The van der Waals surface area contributed by atoms with Crippen LogP contribution in [0.3, 0.4) is 0 Å². The number of thiophene rings is 1. The molecule has 0 amide bonds. The monoisotopic (exact) mass is 188 g/mol. The maximum Gasteiger partial charge on any atom is 0.349 e. The average molecular weight is 188 g/mol. The highest BCUT2D eigenvalue weighted by atomic mass is 32.2. The molecule has 0 atom stereocenters. The van der Waals surface area contributed by atoms with Crippen molar-refractivity contribution in [3.63, 3.8) is 0 Å². The Kier molecular flexibility index (Phi) is 2.96. The van der Waals surface area contributed by atoms with Gasteiger partial charge in [0.2, 0.25) is 0 Å². The molecule has 0 unspecified atom stereocenters. The topological polar surface area (TPSA) is 26.3 Å². The molecule has 0 bridgehead atoms. The second-order valence-corrected chi connectivity index (χ2v) is 3.57. The van der Waals surface area contributed by atoms with E-state index in [0.717, 1.165) is 4.90 Å². The van der Waals surface area contributed by atoms with Crippen molar-refractivity contribution in [2.45, 2.75) is 4.90 Å². The Morgan fingerprint density at radius 3 is 3.00 bits per heavy atom. The molecule has 0 saturated heterocycles. The molecule has 0 aliphatic carbocycles. The van der Waals surface area contributed by atoms with Crippen molar-refractivity contribution in [2.24, 2.45) is 0 Å². The van der Waals surface area contributed by atoms with Gasteiger partial charge in [-0.3, -0.25) is 0 Å². The summed E-state index contributed by atoms with van der Waals surface area (Å²) in [6.45, 7) is 0. The number of methoxy groups -OCH3 is 1. The number of hydrogen-bond donors (Lipinski definition) is 0. The van der Waals surface area contributed by atoms with Gasteiger partial charge in [0, 0.05) is 4.90 Å². The number of carbonyl (C=O) groups excluding carboxylic acids is 1. The van der Waals surface area contributed by atoms with Gasteiger partial charge in [0.15, 0.2) is 0 Å². The van der Waals surface area contributed by atoms with Gasteiger partial charge in [-0.15, -0.1) is 23.1 Å². The van der Waals surface area contributed by atoms with Crippen molar-refractivity contribution in [3.05, 3.63) is 16.3 Å². The van der Waals surface area contributed by atoms with Gasteiger partial charge in [0.25, 0.3) is 0 Å². The molecule has 0 aliphatic rings. The number of thioether (sulfide) groups is 1. The van der Waals surface area contributed by atoms with Crippen LogP contribution in [0.5, 0.6) is 0 Å². The highest BCUT2D eigenvalue weighted by Crippen LogP contribution is 2.25. The van der Waals surface area contributed by atoms with E-state index in [-0.39, 0.29) is 5.97 Å². The van der Waals surface area contributed by atoms with Gasteiger partial charge in [-0.25, -0.2) is 4.79 Å². The minimum atomic E-state index is -0.246.